The van der Waals surface area contributed by atoms with Crippen LogP contribution in [0.3, 0.4) is 0 Å². The number of benzene rings is 1. The number of imide groups is 1. The fraction of sp³-hybridized carbons (Fsp3) is 0.200. The van der Waals surface area contributed by atoms with Crippen LogP contribution in [0.4, 0.5) is 5.69 Å². The van der Waals surface area contributed by atoms with Crippen molar-refractivity contribution < 1.29 is 9.59 Å². The average Bonchev–Trinajstić information content (AvgIpc) is 3.29. The third kappa shape index (κ3) is 1.96. The molecule has 1 N–H and O–H groups in total. The van der Waals surface area contributed by atoms with Crippen molar-refractivity contribution in [1.29, 1.82) is 0 Å². The molecule has 130 valence electrons. The molecular weight excluding hydrogens is 346 g/mol. The molecule has 6 heteroatoms. The summed E-state index contributed by atoms with van der Waals surface area (Å²) < 4.78 is 2.10. The second kappa shape index (κ2) is 5.32. The summed E-state index contributed by atoms with van der Waals surface area (Å²) in [6.45, 7) is 1.75. The molecule has 5 rings (SSSR count). The van der Waals surface area contributed by atoms with E-state index >= 15 is 0 Å². The van der Waals surface area contributed by atoms with Crippen LogP contribution in [0.15, 0.2) is 52.5 Å². The van der Waals surface area contributed by atoms with Gasteiger partial charge in [-0.2, -0.15) is 11.3 Å². The number of carbonyl (C=O) groups excluding carboxylic acids is 2. The van der Waals surface area contributed by atoms with Gasteiger partial charge in [0.1, 0.15) is 0 Å². The van der Waals surface area contributed by atoms with Gasteiger partial charge in [-0.05, 0) is 40.1 Å². The summed E-state index contributed by atoms with van der Waals surface area (Å²) in [5, 5.41) is 8.72. The average molecular weight is 363 g/mol. The van der Waals surface area contributed by atoms with Crippen LogP contribution in [0.5, 0.6) is 0 Å². The fourth-order valence-corrected chi connectivity index (χ4v) is 4.84. The number of nitrogens with zero attached hydrogens (tertiary/aromatic N) is 2. The number of thiophene rings is 1. The van der Waals surface area contributed by atoms with E-state index in [0.717, 1.165) is 33.4 Å². The molecule has 0 bridgehead atoms. The number of hydrogen-bond acceptors (Lipinski definition) is 4. The molecule has 2 aromatic heterocycles. The number of hydrogen-bond donors (Lipinski definition) is 1. The highest BCUT2D eigenvalue weighted by Gasteiger charge is 2.41. The third-order valence-electron chi connectivity index (χ3n) is 5.30. The van der Waals surface area contributed by atoms with E-state index in [-0.39, 0.29) is 17.7 Å². The van der Waals surface area contributed by atoms with Gasteiger partial charge >= 0.3 is 0 Å². The molecule has 0 saturated heterocycles. The SMILES string of the molecule is CC(=O)N1CC2=C(C1=O)[C@@H](c1ccsc1)c1cn(C)c3cccc(c13)N2. The van der Waals surface area contributed by atoms with Crippen LogP contribution in [0.25, 0.3) is 10.9 Å². The van der Waals surface area contributed by atoms with Gasteiger partial charge in [0.25, 0.3) is 5.91 Å². The molecule has 0 saturated carbocycles. The largest absolute Gasteiger partial charge is 0.356 e. The predicted octanol–water partition coefficient (Wildman–Crippen LogP) is 3.44. The van der Waals surface area contributed by atoms with E-state index in [1.807, 2.05) is 24.6 Å². The lowest BCUT2D eigenvalue weighted by Gasteiger charge is -2.18. The molecule has 26 heavy (non-hydrogen) atoms. The van der Waals surface area contributed by atoms with E-state index < -0.39 is 0 Å². The minimum atomic E-state index is -0.222. The van der Waals surface area contributed by atoms with E-state index in [2.05, 4.69) is 33.6 Å². The van der Waals surface area contributed by atoms with E-state index in [9.17, 15) is 9.59 Å². The number of rotatable bonds is 1. The molecule has 0 unspecified atom stereocenters. The van der Waals surface area contributed by atoms with Gasteiger partial charge in [-0.15, -0.1) is 0 Å². The highest BCUT2D eigenvalue weighted by Crippen LogP contribution is 2.46. The molecular formula is C20H17N3O2S. The number of amides is 2. The van der Waals surface area contributed by atoms with Gasteiger partial charge in [-0.3, -0.25) is 14.5 Å². The first-order valence-corrected chi connectivity index (χ1v) is 9.43. The minimum absolute atomic E-state index is 0.173. The van der Waals surface area contributed by atoms with Gasteiger partial charge in [0.2, 0.25) is 5.91 Å². The summed E-state index contributed by atoms with van der Waals surface area (Å²) >= 11 is 1.62. The number of nitrogens with one attached hydrogen (secondary N) is 1. The summed E-state index contributed by atoms with van der Waals surface area (Å²) in [5.74, 6) is -0.589. The second-order valence-electron chi connectivity index (χ2n) is 6.81. The van der Waals surface area contributed by atoms with Gasteiger partial charge in [0.05, 0.1) is 17.6 Å². The van der Waals surface area contributed by atoms with Crippen molar-refractivity contribution >= 4 is 39.7 Å². The van der Waals surface area contributed by atoms with Crippen molar-refractivity contribution in [3.05, 3.63) is 63.6 Å². The number of aryl methyl sites for hydroxylation is 1. The first-order chi connectivity index (χ1) is 12.6. The topological polar surface area (TPSA) is 54.3 Å². The zero-order valence-corrected chi connectivity index (χ0v) is 15.3. The van der Waals surface area contributed by atoms with Crippen LogP contribution in [-0.2, 0) is 16.6 Å². The predicted molar refractivity (Wildman–Crippen MR) is 102 cm³/mol. The summed E-state index contributed by atoms with van der Waals surface area (Å²) in [4.78, 5) is 26.4. The van der Waals surface area contributed by atoms with Gasteiger partial charge in [0, 0.05) is 42.9 Å². The maximum absolute atomic E-state index is 13.1. The first kappa shape index (κ1) is 15.4. The Bertz CT molecular complexity index is 1110. The van der Waals surface area contributed by atoms with E-state index in [4.69, 9.17) is 0 Å². The van der Waals surface area contributed by atoms with Gasteiger partial charge in [-0.1, -0.05) is 6.07 Å². The Morgan fingerprint density at radius 3 is 2.88 bits per heavy atom. The number of anilines is 1. The van der Waals surface area contributed by atoms with Crippen molar-refractivity contribution in [2.45, 2.75) is 12.8 Å². The Kier molecular flexibility index (Phi) is 3.15. The molecule has 1 aromatic carbocycles. The summed E-state index contributed by atoms with van der Waals surface area (Å²) in [6.07, 6.45) is 2.11. The number of carbonyl (C=O) groups is 2. The number of aromatic nitrogens is 1. The van der Waals surface area contributed by atoms with Gasteiger partial charge < -0.3 is 9.88 Å². The molecule has 2 aliphatic rings. The molecule has 0 fully saturated rings. The molecule has 0 aliphatic carbocycles. The van der Waals surface area contributed by atoms with E-state index in [1.54, 1.807) is 11.3 Å². The van der Waals surface area contributed by atoms with Crippen molar-refractivity contribution in [1.82, 2.24) is 9.47 Å². The zero-order valence-electron chi connectivity index (χ0n) is 14.4. The van der Waals surface area contributed by atoms with Crippen LogP contribution >= 0.6 is 11.3 Å². The smallest absolute Gasteiger partial charge is 0.259 e. The Hall–Kier alpha value is -2.86. The monoisotopic (exact) mass is 363 g/mol. The van der Waals surface area contributed by atoms with Gasteiger partial charge in [0.15, 0.2) is 0 Å². The Labute approximate surface area is 154 Å². The third-order valence-corrected chi connectivity index (χ3v) is 6.00. The lowest BCUT2D eigenvalue weighted by molar-refractivity contribution is -0.139. The molecule has 3 aromatic rings. The molecule has 2 amide bonds. The van der Waals surface area contributed by atoms with Crippen LogP contribution < -0.4 is 5.32 Å². The lowest BCUT2D eigenvalue weighted by Crippen LogP contribution is -2.33. The van der Waals surface area contributed by atoms with E-state index in [1.165, 1.54) is 11.8 Å². The van der Waals surface area contributed by atoms with Crippen molar-refractivity contribution in [2.24, 2.45) is 7.05 Å². The van der Waals surface area contributed by atoms with Crippen molar-refractivity contribution in [3.63, 3.8) is 0 Å². The first-order valence-electron chi connectivity index (χ1n) is 8.49. The minimum Gasteiger partial charge on any atom is -0.356 e. The summed E-state index contributed by atoms with van der Waals surface area (Å²) in [6, 6.07) is 8.21. The molecule has 0 spiro atoms. The lowest BCUT2D eigenvalue weighted by atomic mass is 9.86. The Balaban J connectivity index is 1.82. The highest BCUT2D eigenvalue weighted by molar-refractivity contribution is 7.08. The Morgan fingerprint density at radius 1 is 1.31 bits per heavy atom. The van der Waals surface area contributed by atoms with Crippen molar-refractivity contribution in [2.75, 3.05) is 11.9 Å². The van der Waals surface area contributed by atoms with Crippen LogP contribution in [0.1, 0.15) is 24.0 Å². The molecule has 1 atom stereocenters. The highest BCUT2D eigenvalue weighted by atomic mass is 32.1. The normalized spacial score (nSPS) is 18.9. The van der Waals surface area contributed by atoms with Crippen LogP contribution in [0.2, 0.25) is 0 Å². The molecule has 5 nitrogen and oxygen atoms in total. The fourth-order valence-electron chi connectivity index (χ4n) is 4.16. The van der Waals surface area contributed by atoms with Crippen molar-refractivity contribution in [3.8, 4) is 0 Å². The maximum Gasteiger partial charge on any atom is 0.259 e. The zero-order chi connectivity index (χ0) is 18.0. The summed E-state index contributed by atoms with van der Waals surface area (Å²) in [5.41, 5.74) is 5.82. The molecule has 0 radical (unpaired) electrons. The standard InChI is InChI=1S/C20H17N3O2S/c1-11(24)23-9-15-19(20(23)25)17(12-6-7-26-10-12)13-8-22(2)16-5-3-4-14(21-15)18(13)16/h3-8,10,17,21H,9H2,1-2H3/t17-/m0/s1. The maximum atomic E-state index is 13.1. The van der Waals surface area contributed by atoms with Crippen LogP contribution in [0, 0.1) is 0 Å². The molecule has 4 heterocycles. The summed E-state index contributed by atoms with van der Waals surface area (Å²) in [7, 11) is 2.02. The van der Waals surface area contributed by atoms with Crippen LogP contribution in [-0.4, -0.2) is 27.8 Å². The molecule has 2 aliphatic heterocycles. The van der Waals surface area contributed by atoms with Gasteiger partial charge in [-0.25, -0.2) is 0 Å². The second-order valence-corrected chi connectivity index (χ2v) is 7.59. The quantitative estimate of drug-likeness (QED) is 0.721. The van der Waals surface area contributed by atoms with E-state index in [0.29, 0.717) is 12.1 Å². The Morgan fingerprint density at radius 2 is 2.15 bits per heavy atom.